The number of ether oxygens (including phenoxy) is 1. The van der Waals surface area contributed by atoms with Crippen LogP contribution in [0.5, 0.6) is 0 Å². The van der Waals surface area contributed by atoms with Gasteiger partial charge in [0.2, 0.25) is 5.91 Å². The first-order valence-corrected chi connectivity index (χ1v) is 11.7. The Kier molecular flexibility index (Phi) is 10.2. The number of carbonyl (C=O) groups excluding carboxylic acids is 2. The molecule has 0 bridgehead atoms. The van der Waals surface area contributed by atoms with E-state index in [4.69, 9.17) is 15.9 Å². The van der Waals surface area contributed by atoms with E-state index in [1.54, 1.807) is 24.3 Å². The molecule has 1 saturated carbocycles. The molecule has 4 N–H and O–H groups in total. The predicted molar refractivity (Wildman–Crippen MR) is 133 cm³/mol. The van der Waals surface area contributed by atoms with E-state index < -0.39 is 0 Å². The molecule has 1 aliphatic heterocycles. The third-order valence-corrected chi connectivity index (χ3v) is 6.60. The molecule has 0 radical (unpaired) electrons. The molecule has 1 fully saturated rings. The highest BCUT2D eigenvalue weighted by Gasteiger charge is 2.30. The highest BCUT2D eigenvalue weighted by molar-refractivity contribution is 6.45. The quantitative estimate of drug-likeness (QED) is 0.511. The van der Waals surface area contributed by atoms with Crippen LogP contribution < -0.4 is 11.1 Å². The lowest BCUT2D eigenvalue weighted by molar-refractivity contribution is -0.128. The monoisotopic (exact) mass is 459 g/mol. The third kappa shape index (κ3) is 7.47. The summed E-state index contributed by atoms with van der Waals surface area (Å²) in [5, 5.41) is 10.8. The molecule has 184 valence electrons. The Morgan fingerprint density at radius 2 is 2.15 bits per heavy atom. The zero-order valence-corrected chi connectivity index (χ0v) is 20.4. The molecule has 2 aliphatic rings. The zero-order valence-electron chi connectivity index (χ0n) is 20.4. The van der Waals surface area contributed by atoms with Gasteiger partial charge in [-0.2, -0.15) is 0 Å². The van der Waals surface area contributed by atoms with Crippen LogP contribution in [0.4, 0.5) is 5.69 Å². The van der Waals surface area contributed by atoms with Gasteiger partial charge in [-0.1, -0.05) is 32.8 Å². The first kappa shape index (κ1) is 26.7. The molecule has 2 atom stereocenters. The Morgan fingerprint density at radius 1 is 1.39 bits per heavy atom. The third-order valence-electron chi connectivity index (χ3n) is 6.60. The van der Waals surface area contributed by atoms with Crippen molar-refractivity contribution in [2.45, 2.75) is 58.9 Å². The Hall–Kier alpha value is -2.58. The van der Waals surface area contributed by atoms with Gasteiger partial charge in [0.1, 0.15) is 5.71 Å². The molecule has 1 aliphatic carbocycles. The molecule has 8 nitrogen and oxygen atoms in total. The van der Waals surface area contributed by atoms with Crippen molar-refractivity contribution < 1.29 is 15.8 Å². The van der Waals surface area contributed by atoms with Gasteiger partial charge >= 0.3 is 0 Å². The zero-order chi connectivity index (χ0) is 24.4. The Balaban J connectivity index is 0.000000442. The number of anilines is 1. The highest BCUT2D eigenvalue weighted by Crippen LogP contribution is 2.39. The number of nitrogens with zero attached hydrogens (tertiary/aromatic N) is 2. The van der Waals surface area contributed by atoms with Gasteiger partial charge in [-0.05, 0) is 43.2 Å². The topological polar surface area (TPSA) is 121 Å². The van der Waals surface area contributed by atoms with Gasteiger partial charge in [-0.25, -0.2) is 0 Å². The lowest BCUT2D eigenvalue weighted by Crippen LogP contribution is -2.39. The van der Waals surface area contributed by atoms with Crippen LogP contribution in [0, 0.1) is 16.7 Å². The van der Waals surface area contributed by atoms with E-state index in [0.717, 1.165) is 18.9 Å². The van der Waals surface area contributed by atoms with Crippen LogP contribution in [0.1, 0.15) is 59.9 Å². The molecular formula is C25H41N5O3. The summed E-state index contributed by atoms with van der Waals surface area (Å²) in [6, 6.07) is 1.60. The maximum absolute atomic E-state index is 12.3. The number of rotatable bonds is 8. The summed E-state index contributed by atoms with van der Waals surface area (Å²) in [5.74, 6) is 0.333. The summed E-state index contributed by atoms with van der Waals surface area (Å²) in [6.07, 6.45) is 13.0. The fourth-order valence-corrected chi connectivity index (χ4v) is 4.40. The predicted octanol–water partition coefficient (Wildman–Crippen LogP) is 3.62. The molecule has 33 heavy (non-hydrogen) atoms. The molecule has 1 aromatic rings. The van der Waals surface area contributed by atoms with Crippen LogP contribution in [0.2, 0.25) is 0 Å². The van der Waals surface area contributed by atoms with Crippen molar-refractivity contribution in [3.8, 4) is 0 Å². The van der Waals surface area contributed by atoms with Crippen molar-refractivity contribution >= 4 is 23.1 Å². The van der Waals surface area contributed by atoms with Crippen LogP contribution in [0.15, 0.2) is 30.7 Å². The van der Waals surface area contributed by atoms with E-state index in [0.29, 0.717) is 23.3 Å². The normalized spacial score (nSPS) is 21.2. The first-order chi connectivity index (χ1) is 15.7. The number of hydrogen-bond donors (Lipinski definition) is 3. The standard InChI is InChI=1S/C16H20N4O3.C9H19N.H2/c1-11(21)16(17)13-5-6-18-8-14(13)19-9-15(22)20-7-3-4-12(20)10-23-2;1-9(2)6-4-3-5-8(9)7-10;/h3,5-8,12,17,19H,4,9-10H2,1-2H3;8H,3-7,10H2,1-2H3;1H/t12-;;/m0../s1. The molecule has 0 saturated heterocycles. The Morgan fingerprint density at radius 3 is 2.76 bits per heavy atom. The SMILES string of the molecule is CC1(C)CCCCC1CN.COC[C@@H]1CC=CN1C(=O)CNc1cnccc1C(=N)C(C)=O.[HH]. The van der Waals surface area contributed by atoms with E-state index in [9.17, 15) is 9.59 Å². The van der Waals surface area contributed by atoms with Crippen LogP contribution in [0.25, 0.3) is 0 Å². The van der Waals surface area contributed by atoms with Gasteiger partial charge in [-0.3, -0.25) is 20.0 Å². The van der Waals surface area contributed by atoms with Crippen LogP contribution in [0.3, 0.4) is 0 Å². The molecule has 1 aromatic heterocycles. The number of nitrogens with one attached hydrogen (secondary N) is 2. The van der Waals surface area contributed by atoms with E-state index in [1.165, 1.54) is 45.0 Å². The number of amides is 1. The number of pyridine rings is 1. The fraction of sp³-hybridized carbons (Fsp3) is 0.600. The van der Waals surface area contributed by atoms with Crippen molar-refractivity contribution in [1.29, 1.82) is 5.41 Å². The number of nitrogens with two attached hydrogens (primary N) is 1. The fourth-order valence-electron chi connectivity index (χ4n) is 4.40. The number of aromatic nitrogens is 1. The minimum atomic E-state index is -0.340. The van der Waals surface area contributed by atoms with Gasteiger partial charge in [0.25, 0.3) is 0 Å². The Bertz CT molecular complexity index is 859. The van der Waals surface area contributed by atoms with Gasteiger partial charge in [0.15, 0.2) is 5.78 Å². The second-order valence-corrected chi connectivity index (χ2v) is 9.40. The first-order valence-electron chi connectivity index (χ1n) is 11.7. The maximum atomic E-state index is 12.3. The molecule has 0 aromatic carbocycles. The average Bonchev–Trinajstić information content (AvgIpc) is 3.26. The summed E-state index contributed by atoms with van der Waals surface area (Å²) >= 11 is 0. The largest absolute Gasteiger partial charge is 0.383 e. The molecular weight excluding hydrogens is 418 g/mol. The van der Waals surface area contributed by atoms with Crippen LogP contribution in [-0.2, 0) is 14.3 Å². The lowest BCUT2D eigenvalue weighted by atomic mass is 9.69. The van der Waals surface area contributed by atoms with E-state index in [-0.39, 0.29) is 31.4 Å². The van der Waals surface area contributed by atoms with Crippen molar-refractivity contribution in [1.82, 2.24) is 9.88 Å². The van der Waals surface area contributed by atoms with Crippen molar-refractivity contribution in [2.75, 3.05) is 32.1 Å². The second-order valence-electron chi connectivity index (χ2n) is 9.40. The molecule has 8 heteroatoms. The molecule has 1 amide bonds. The average molecular weight is 460 g/mol. The number of hydrogen-bond acceptors (Lipinski definition) is 7. The molecule has 0 spiro atoms. The van der Waals surface area contributed by atoms with E-state index >= 15 is 0 Å². The number of ketones is 1. The van der Waals surface area contributed by atoms with E-state index in [2.05, 4.69) is 24.1 Å². The summed E-state index contributed by atoms with van der Waals surface area (Å²) in [6.45, 7) is 7.45. The molecule has 3 rings (SSSR count). The number of Topliss-reactive ketones (excluding diaryl/α,β-unsaturated/α-hetero) is 1. The van der Waals surface area contributed by atoms with Crippen molar-refractivity contribution in [3.63, 3.8) is 0 Å². The molecule has 2 heterocycles. The summed E-state index contributed by atoms with van der Waals surface area (Å²) < 4.78 is 5.12. The second kappa shape index (κ2) is 12.6. The number of methoxy groups -OCH3 is 1. The smallest absolute Gasteiger partial charge is 0.246 e. The van der Waals surface area contributed by atoms with Crippen molar-refractivity contribution in [2.24, 2.45) is 17.1 Å². The van der Waals surface area contributed by atoms with Crippen molar-refractivity contribution in [3.05, 3.63) is 36.3 Å². The lowest BCUT2D eigenvalue weighted by Gasteiger charge is -2.37. The minimum Gasteiger partial charge on any atom is -0.383 e. The summed E-state index contributed by atoms with van der Waals surface area (Å²) in [7, 11) is 1.61. The Labute approximate surface area is 199 Å². The van der Waals surface area contributed by atoms with Crippen LogP contribution in [-0.4, -0.2) is 60.1 Å². The molecule has 1 unspecified atom stereocenters. The summed E-state index contributed by atoms with van der Waals surface area (Å²) in [5.41, 5.74) is 7.02. The summed E-state index contributed by atoms with van der Waals surface area (Å²) in [4.78, 5) is 29.3. The van der Waals surface area contributed by atoms with Gasteiger partial charge in [-0.15, -0.1) is 0 Å². The van der Waals surface area contributed by atoms with Gasteiger partial charge in [0.05, 0.1) is 31.1 Å². The van der Waals surface area contributed by atoms with Gasteiger partial charge < -0.3 is 20.7 Å². The van der Waals surface area contributed by atoms with Crippen LogP contribution >= 0.6 is 0 Å². The number of carbonyl (C=O) groups is 2. The minimum absolute atomic E-state index is 0. The maximum Gasteiger partial charge on any atom is 0.246 e. The highest BCUT2D eigenvalue weighted by atomic mass is 16.5. The van der Waals surface area contributed by atoms with E-state index in [1.807, 2.05) is 6.08 Å². The van der Waals surface area contributed by atoms with Gasteiger partial charge in [0, 0.05) is 33.4 Å².